The second kappa shape index (κ2) is 12.0. The van der Waals surface area contributed by atoms with E-state index in [1.165, 1.54) is 11.8 Å². The van der Waals surface area contributed by atoms with Crippen molar-refractivity contribution in [2.75, 3.05) is 18.1 Å². The highest BCUT2D eigenvalue weighted by atomic mass is 32.1. The molecule has 1 saturated heterocycles. The van der Waals surface area contributed by atoms with Crippen LogP contribution in [0.3, 0.4) is 0 Å². The number of benzene rings is 2. The quantitative estimate of drug-likeness (QED) is 0.132. The number of Topliss-reactive ketones (excluding diaryl/α,β-unsaturated/α-hetero) is 2. The number of aryl methyl sites for hydroxylation is 2. The van der Waals surface area contributed by atoms with Crippen molar-refractivity contribution in [3.05, 3.63) is 75.3 Å². The maximum absolute atomic E-state index is 13.5. The van der Waals surface area contributed by atoms with Crippen LogP contribution in [0.1, 0.15) is 72.2 Å². The monoisotopic (exact) mass is 562 g/mol. The summed E-state index contributed by atoms with van der Waals surface area (Å²) in [6.07, 6.45) is 0.867. The summed E-state index contributed by atoms with van der Waals surface area (Å²) in [5.41, 5.74) is 2.33. The van der Waals surface area contributed by atoms with E-state index in [1.807, 2.05) is 26.0 Å². The number of thiazole rings is 1. The third-order valence-corrected chi connectivity index (χ3v) is 7.87. The van der Waals surface area contributed by atoms with Crippen LogP contribution in [0, 0.1) is 19.8 Å². The molecule has 2 aromatic carbocycles. The summed E-state index contributed by atoms with van der Waals surface area (Å²) in [5.74, 6) is -0.668. The third kappa shape index (κ3) is 5.79. The Morgan fingerprint density at radius 2 is 1.77 bits per heavy atom. The number of anilines is 1. The highest BCUT2D eigenvalue weighted by Crippen LogP contribution is 2.45. The zero-order chi connectivity index (χ0) is 29.1. The van der Waals surface area contributed by atoms with Gasteiger partial charge in [-0.1, -0.05) is 61.1 Å². The minimum absolute atomic E-state index is 0.0676. The minimum Gasteiger partial charge on any atom is -0.507 e. The van der Waals surface area contributed by atoms with Crippen molar-refractivity contribution in [3.63, 3.8) is 0 Å². The molecule has 40 heavy (non-hydrogen) atoms. The Bertz CT molecular complexity index is 1470. The van der Waals surface area contributed by atoms with Gasteiger partial charge in [0.05, 0.1) is 35.4 Å². The Balaban J connectivity index is 1.90. The summed E-state index contributed by atoms with van der Waals surface area (Å²) in [5, 5.41) is 11.6. The van der Waals surface area contributed by atoms with E-state index >= 15 is 0 Å². The maximum atomic E-state index is 13.5. The van der Waals surface area contributed by atoms with Crippen molar-refractivity contribution < 1.29 is 29.0 Å². The lowest BCUT2D eigenvalue weighted by Crippen LogP contribution is -2.29. The molecular weight excluding hydrogens is 528 g/mol. The molecule has 0 spiro atoms. The Kier molecular flexibility index (Phi) is 8.73. The molecule has 1 aliphatic rings. The number of amides is 1. The molecule has 0 bridgehead atoms. The molecule has 0 aliphatic carbocycles. The van der Waals surface area contributed by atoms with Gasteiger partial charge >= 0.3 is 5.91 Å². The van der Waals surface area contributed by atoms with Gasteiger partial charge in [-0.2, -0.15) is 0 Å². The fourth-order valence-corrected chi connectivity index (χ4v) is 5.50. The number of aromatic nitrogens is 1. The molecular formula is C31H34N2O6S. The molecule has 2 heterocycles. The molecule has 1 aromatic heterocycles. The molecule has 1 amide bonds. The molecule has 1 aliphatic heterocycles. The highest BCUT2D eigenvalue weighted by Gasteiger charge is 2.48. The van der Waals surface area contributed by atoms with Gasteiger partial charge in [-0.3, -0.25) is 19.3 Å². The largest absolute Gasteiger partial charge is 0.507 e. The average molecular weight is 563 g/mol. The van der Waals surface area contributed by atoms with Crippen LogP contribution in [0.4, 0.5) is 5.13 Å². The number of nitrogens with zero attached hydrogens (tertiary/aromatic N) is 2. The molecule has 9 heteroatoms. The first-order valence-electron chi connectivity index (χ1n) is 13.3. The van der Waals surface area contributed by atoms with Crippen LogP contribution >= 0.6 is 11.3 Å². The van der Waals surface area contributed by atoms with Crippen LogP contribution in [-0.4, -0.2) is 40.8 Å². The van der Waals surface area contributed by atoms with Crippen LogP contribution in [0.25, 0.3) is 5.76 Å². The predicted molar refractivity (Wildman–Crippen MR) is 155 cm³/mol. The second-order valence-corrected chi connectivity index (χ2v) is 11.1. The Hall–Kier alpha value is -3.98. The predicted octanol–water partition coefficient (Wildman–Crippen LogP) is 6.41. The summed E-state index contributed by atoms with van der Waals surface area (Å²) in [6.45, 7) is 12.0. The zero-order valence-electron chi connectivity index (χ0n) is 23.6. The number of ether oxygens (including phenoxy) is 2. The molecule has 1 unspecified atom stereocenters. The van der Waals surface area contributed by atoms with E-state index in [0.29, 0.717) is 52.3 Å². The number of rotatable bonds is 10. The molecule has 4 rings (SSSR count). The van der Waals surface area contributed by atoms with E-state index in [0.717, 1.165) is 23.3 Å². The number of hydrogen-bond donors (Lipinski definition) is 1. The van der Waals surface area contributed by atoms with Gasteiger partial charge in [-0.05, 0) is 50.8 Å². The minimum atomic E-state index is -1.00. The van der Waals surface area contributed by atoms with Gasteiger partial charge in [-0.25, -0.2) is 4.98 Å². The van der Waals surface area contributed by atoms with Crippen molar-refractivity contribution >= 4 is 39.7 Å². The van der Waals surface area contributed by atoms with Gasteiger partial charge in [0.1, 0.15) is 5.76 Å². The Morgan fingerprint density at radius 1 is 1.07 bits per heavy atom. The van der Waals surface area contributed by atoms with Crippen LogP contribution in [0.5, 0.6) is 11.5 Å². The molecule has 0 radical (unpaired) electrons. The Labute approximate surface area is 238 Å². The van der Waals surface area contributed by atoms with Crippen molar-refractivity contribution in [1.29, 1.82) is 0 Å². The number of aliphatic hydroxyl groups is 1. The lowest BCUT2D eigenvalue weighted by molar-refractivity contribution is -0.132. The number of hydrogen-bond acceptors (Lipinski definition) is 8. The maximum Gasteiger partial charge on any atom is 0.301 e. The molecule has 3 aromatic rings. The van der Waals surface area contributed by atoms with Crippen LogP contribution in [-0.2, 0) is 9.59 Å². The van der Waals surface area contributed by atoms with E-state index < -0.39 is 17.7 Å². The number of carbonyl (C=O) groups is 3. The van der Waals surface area contributed by atoms with Crippen molar-refractivity contribution in [1.82, 2.24) is 4.98 Å². The molecule has 1 atom stereocenters. The molecule has 1 N–H and O–H groups in total. The summed E-state index contributed by atoms with van der Waals surface area (Å²) in [7, 11) is 0. The van der Waals surface area contributed by atoms with E-state index in [9.17, 15) is 19.5 Å². The number of carbonyl (C=O) groups excluding carboxylic acids is 3. The van der Waals surface area contributed by atoms with E-state index in [-0.39, 0.29) is 22.2 Å². The topological polar surface area (TPSA) is 106 Å². The number of aliphatic hydroxyl groups excluding tert-OH is 1. The van der Waals surface area contributed by atoms with Gasteiger partial charge in [0.15, 0.2) is 22.4 Å². The molecule has 8 nitrogen and oxygen atoms in total. The van der Waals surface area contributed by atoms with Gasteiger partial charge < -0.3 is 14.6 Å². The first-order chi connectivity index (χ1) is 19.0. The lowest BCUT2D eigenvalue weighted by atomic mass is 9.95. The van der Waals surface area contributed by atoms with Gasteiger partial charge in [0, 0.05) is 12.5 Å². The standard InChI is InChI=1S/C31H34N2O6S/c1-7-38-24-16-22(12-13-23(24)39-15-14-17(2)3)26-25(27(35)21-10-8-18(4)9-11-21)28(36)30(37)33(26)31-32-19(5)29(40-31)20(6)34/h8-13,16-17,26,35H,7,14-15H2,1-6H3/b27-25+. The fraction of sp³-hybridized carbons (Fsp3) is 0.355. The SMILES string of the molecule is CCOc1cc(C2/C(=C(\O)c3ccc(C)cc3)C(=O)C(=O)N2c2nc(C)c(C(C)=O)s2)ccc1OCCC(C)C. The van der Waals surface area contributed by atoms with Gasteiger partial charge in [-0.15, -0.1) is 0 Å². The van der Waals surface area contributed by atoms with E-state index in [4.69, 9.17) is 9.47 Å². The smallest absolute Gasteiger partial charge is 0.301 e. The van der Waals surface area contributed by atoms with Gasteiger partial charge in [0.25, 0.3) is 5.78 Å². The molecule has 1 fully saturated rings. The van der Waals surface area contributed by atoms with Crippen molar-refractivity contribution in [2.24, 2.45) is 5.92 Å². The third-order valence-electron chi connectivity index (χ3n) is 6.62. The normalized spacial score (nSPS) is 16.6. The summed E-state index contributed by atoms with van der Waals surface area (Å²) < 4.78 is 11.9. The fourth-order valence-electron chi connectivity index (χ4n) is 4.51. The van der Waals surface area contributed by atoms with Crippen LogP contribution < -0.4 is 14.4 Å². The number of ketones is 2. The lowest BCUT2D eigenvalue weighted by Gasteiger charge is -2.24. The molecule has 0 saturated carbocycles. The van der Waals surface area contributed by atoms with E-state index in [2.05, 4.69) is 18.8 Å². The first-order valence-corrected chi connectivity index (χ1v) is 14.1. The van der Waals surface area contributed by atoms with Crippen molar-refractivity contribution in [3.8, 4) is 11.5 Å². The molecule has 210 valence electrons. The zero-order valence-corrected chi connectivity index (χ0v) is 24.4. The highest BCUT2D eigenvalue weighted by molar-refractivity contribution is 7.18. The Morgan fingerprint density at radius 3 is 2.38 bits per heavy atom. The first kappa shape index (κ1) is 29.0. The van der Waals surface area contributed by atoms with Crippen LogP contribution in [0.2, 0.25) is 0 Å². The summed E-state index contributed by atoms with van der Waals surface area (Å²) in [6, 6.07) is 11.3. The average Bonchev–Trinajstić information content (AvgIpc) is 3.41. The summed E-state index contributed by atoms with van der Waals surface area (Å²) >= 11 is 1.04. The summed E-state index contributed by atoms with van der Waals surface area (Å²) in [4.78, 5) is 45.3. The van der Waals surface area contributed by atoms with Crippen LogP contribution in [0.15, 0.2) is 48.0 Å². The van der Waals surface area contributed by atoms with Crippen molar-refractivity contribution in [2.45, 2.75) is 54.0 Å². The second-order valence-electron chi connectivity index (χ2n) is 10.2. The van der Waals surface area contributed by atoms with E-state index in [1.54, 1.807) is 37.3 Å². The van der Waals surface area contributed by atoms with Gasteiger partial charge in [0.2, 0.25) is 0 Å².